The summed E-state index contributed by atoms with van der Waals surface area (Å²) in [5, 5.41) is 2.83. The second-order valence-corrected chi connectivity index (χ2v) is 5.89. The predicted octanol–water partition coefficient (Wildman–Crippen LogP) is 3.37. The van der Waals surface area contributed by atoms with E-state index in [-0.39, 0.29) is 18.5 Å². The first kappa shape index (κ1) is 14.8. The number of aryl methyl sites for hydroxylation is 2. The Hall–Kier alpha value is -1.56. The number of nitrogens with one attached hydrogen (secondary N) is 1. The number of rotatable bonds is 4. The third kappa shape index (κ3) is 3.12. The number of halogens is 1. The first-order chi connectivity index (χ1) is 9.38. The minimum Gasteiger partial charge on any atom is -0.444 e. The van der Waals surface area contributed by atoms with Gasteiger partial charge >= 0.3 is 0 Å². The van der Waals surface area contributed by atoms with Crippen LogP contribution in [0.4, 0.5) is 0 Å². The maximum Gasteiger partial charge on any atom is 0.268 e. The van der Waals surface area contributed by atoms with Crippen LogP contribution in [0.2, 0.25) is 0 Å². The molecule has 6 heteroatoms. The van der Waals surface area contributed by atoms with Gasteiger partial charge in [-0.15, -0.1) is 0 Å². The lowest BCUT2D eigenvalue weighted by molar-refractivity contribution is 0.0936. The number of hydrogen-bond donors (Lipinski definition) is 1. The molecule has 1 N–H and O–H groups in total. The molecule has 0 aliphatic rings. The molecule has 0 aromatic carbocycles. The molecule has 0 atom stereocenters. The lowest BCUT2D eigenvalue weighted by Crippen LogP contribution is -2.26. The lowest BCUT2D eigenvalue weighted by atomic mass is 10.3. The molecule has 2 aromatic heterocycles. The van der Waals surface area contributed by atoms with Crippen LogP contribution in [-0.4, -0.2) is 15.5 Å². The summed E-state index contributed by atoms with van der Waals surface area (Å²) >= 11 is 3.40. The van der Waals surface area contributed by atoms with Crippen LogP contribution in [0.25, 0.3) is 0 Å². The van der Waals surface area contributed by atoms with Crippen molar-refractivity contribution in [3.63, 3.8) is 0 Å². The smallest absolute Gasteiger partial charge is 0.268 e. The summed E-state index contributed by atoms with van der Waals surface area (Å²) in [6.45, 7) is 8.09. The molecule has 0 radical (unpaired) electrons. The van der Waals surface area contributed by atoms with Gasteiger partial charge in [0, 0.05) is 16.7 Å². The number of nitrogens with zero attached hydrogens (tertiary/aromatic N) is 2. The fraction of sp³-hybridized carbons (Fsp3) is 0.429. The Morgan fingerprint density at radius 3 is 2.75 bits per heavy atom. The Bertz CT molecular complexity index is 609. The van der Waals surface area contributed by atoms with Crippen LogP contribution in [0.5, 0.6) is 0 Å². The third-order valence-corrected chi connectivity index (χ3v) is 3.51. The number of hydrogen-bond acceptors (Lipinski definition) is 3. The zero-order chi connectivity index (χ0) is 14.9. The second-order valence-electron chi connectivity index (χ2n) is 4.98. The molecule has 0 saturated heterocycles. The number of carbonyl (C=O) groups excluding carboxylic acids is 1. The van der Waals surface area contributed by atoms with E-state index < -0.39 is 0 Å². The minimum absolute atomic E-state index is 0.141. The molecule has 0 aliphatic carbocycles. The van der Waals surface area contributed by atoms with Gasteiger partial charge in [-0.3, -0.25) is 4.79 Å². The van der Waals surface area contributed by atoms with Crippen LogP contribution in [0.3, 0.4) is 0 Å². The van der Waals surface area contributed by atoms with Gasteiger partial charge < -0.3 is 14.3 Å². The molecule has 2 heterocycles. The van der Waals surface area contributed by atoms with Gasteiger partial charge in [-0.2, -0.15) is 0 Å². The summed E-state index contributed by atoms with van der Waals surface area (Å²) < 4.78 is 8.25. The summed E-state index contributed by atoms with van der Waals surface area (Å²) in [5.74, 6) is 1.16. The number of aromatic nitrogens is 2. The van der Waals surface area contributed by atoms with Crippen molar-refractivity contribution in [1.82, 2.24) is 14.9 Å². The van der Waals surface area contributed by atoms with Crippen LogP contribution < -0.4 is 5.32 Å². The van der Waals surface area contributed by atoms with E-state index in [4.69, 9.17) is 4.42 Å². The summed E-state index contributed by atoms with van der Waals surface area (Å²) in [5.41, 5.74) is 1.47. The van der Waals surface area contributed by atoms with Crippen molar-refractivity contribution in [2.24, 2.45) is 0 Å². The van der Waals surface area contributed by atoms with Crippen molar-refractivity contribution in [2.75, 3.05) is 0 Å². The average molecular weight is 340 g/mol. The molecule has 0 bridgehead atoms. The maximum absolute atomic E-state index is 12.2. The van der Waals surface area contributed by atoms with Gasteiger partial charge in [0.1, 0.15) is 11.5 Å². The molecule has 0 unspecified atom stereocenters. The number of oxazole rings is 1. The molecule has 0 saturated carbocycles. The highest BCUT2D eigenvalue weighted by molar-refractivity contribution is 9.10. The van der Waals surface area contributed by atoms with E-state index in [2.05, 4.69) is 26.2 Å². The van der Waals surface area contributed by atoms with Crippen molar-refractivity contribution in [2.45, 2.75) is 40.3 Å². The molecule has 2 rings (SSSR count). The van der Waals surface area contributed by atoms with E-state index >= 15 is 0 Å². The molecule has 108 valence electrons. The van der Waals surface area contributed by atoms with E-state index in [1.807, 2.05) is 38.5 Å². The normalized spacial score (nSPS) is 11.1. The lowest BCUT2D eigenvalue weighted by Gasteiger charge is -2.12. The van der Waals surface area contributed by atoms with Gasteiger partial charge in [-0.1, -0.05) is 0 Å². The van der Waals surface area contributed by atoms with Gasteiger partial charge in [0.15, 0.2) is 0 Å². The summed E-state index contributed by atoms with van der Waals surface area (Å²) in [4.78, 5) is 16.5. The molecule has 0 aliphatic heterocycles. The standard InChI is InChI=1S/C14H18BrN3O2/c1-8(2)18-7-11(15)5-12(18)14(19)16-6-13-17-9(3)10(4)20-13/h5,7-8H,6H2,1-4H3,(H,16,19). The maximum atomic E-state index is 12.2. The Balaban J connectivity index is 2.09. The van der Waals surface area contributed by atoms with E-state index in [1.165, 1.54) is 0 Å². The largest absolute Gasteiger partial charge is 0.444 e. The minimum atomic E-state index is -0.141. The highest BCUT2D eigenvalue weighted by Crippen LogP contribution is 2.19. The van der Waals surface area contributed by atoms with Crippen molar-refractivity contribution in [3.05, 3.63) is 39.8 Å². The van der Waals surface area contributed by atoms with Crippen LogP contribution in [0.15, 0.2) is 21.2 Å². The number of amides is 1. The van der Waals surface area contributed by atoms with Gasteiger partial charge in [0.05, 0.1) is 12.2 Å². The fourth-order valence-corrected chi connectivity index (χ4v) is 2.35. The highest BCUT2D eigenvalue weighted by atomic mass is 79.9. The molecular formula is C14H18BrN3O2. The van der Waals surface area contributed by atoms with Crippen molar-refractivity contribution in [1.29, 1.82) is 0 Å². The van der Waals surface area contributed by atoms with E-state index in [0.29, 0.717) is 11.6 Å². The first-order valence-electron chi connectivity index (χ1n) is 6.47. The van der Waals surface area contributed by atoms with Gasteiger partial charge in [0.25, 0.3) is 5.91 Å². The summed E-state index contributed by atoms with van der Waals surface area (Å²) in [6.07, 6.45) is 1.90. The van der Waals surface area contributed by atoms with Gasteiger partial charge in [-0.05, 0) is 49.7 Å². The second kappa shape index (κ2) is 5.83. The molecule has 5 nitrogen and oxygen atoms in total. The quantitative estimate of drug-likeness (QED) is 0.928. The molecule has 0 spiro atoms. The Morgan fingerprint density at radius 1 is 1.50 bits per heavy atom. The monoisotopic (exact) mass is 339 g/mol. The van der Waals surface area contributed by atoms with Gasteiger partial charge in [-0.25, -0.2) is 4.98 Å². The number of carbonyl (C=O) groups is 1. The molecular weight excluding hydrogens is 322 g/mol. The zero-order valence-corrected chi connectivity index (χ0v) is 13.6. The van der Waals surface area contributed by atoms with E-state index in [1.54, 1.807) is 6.07 Å². The summed E-state index contributed by atoms with van der Waals surface area (Å²) in [7, 11) is 0. The van der Waals surface area contributed by atoms with Crippen LogP contribution in [0.1, 0.15) is 47.7 Å². The average Bonchev–Trinajstić information content (AvgIpc) is 2.91. The molecule has 0 fully saturated rings. The third-order valence-electron chi connectivity index (χ3n) is 3.08. The van der Waals surface area contributed by atoms with Crippen LogP contribution >= 0.6 is 15.9 Å². The highest BCUT2D eigenvalue weighted by Gasteiger charge is 2.15. The molecule has 20 heavy (non-hydrogen) atoms. The predicted molar refractivity (Wildman–Crippen MR) is 79.7 cm³/mol. The topological polar surface area (TPSA) is 60.1 Å². The summed E-state index contributed by atoms with van der Waals surface area (Å²) in [6, 6.07) is 2.02. The zero-order valence-electron chi connectivity index (χ0n) is 12.0. The van der Waals surface area contributed by atoms with Crippen LogP contribution in [-0.2, 0) is 6.54 Å². The van der Waals surface area contributed by atoms with E-state index in [0.717, 1.165) is 15.9 Å². The molecule has 2 aromatic rings. The molecule has 1 amide bonds. The Morgan fingerprint density at radius 2 is 2.20 bits per heavy atom. The first-order valence-corrected chi connectivity index (χ1v) is 7.26. The SMILES string of the molecule is Cc1nc(CNC(=O)c2cc(Br)cn2C(C)C)oc1C. The Kier molecular flexibility index (Phi) is 4.32. The van der Waals surface area contributed by atoms with E-state index in [9.17, 15) is 4.79 Å². The van der Waals surface area contributed by atoms with Crippen molar-refractivity contribution >= 4 is 21.8 Å². The van der Waals surface area contributed by atoms with Crippen molar-refractivity contribution in [3.8, 4) is 0 Å². The fourth-order valence-electron chi connectivity index (χ4n) is 1.92. The Labute approximate surface area is 126 Å². The van der Waals surface area contributed by atoms with Gasteiger partial charge in [0.2, 0.25) is 5.89 Å². The van der Waals surface area contributed by atoms with Crippen LogP contribution in [0, 0.1) is 13.8 Å². The van der Waals surface area contributed by atoms with Crippen molar-refractivity contribution < 1.29 is 9.21 Å².